The van der Waals surface area contributed by atoms with Gasteiger partial charge in [-0.1, -0.05) is 35.9 Å². The molecule has 0 aliphatic carbocycles. The van der Waals surface area contributed by atoms with E-state index < -0.39 is 0 Å². The van der Waals surface area contributed by atoms with E-state index in [0.29, 0.717) is 43.6 Å². The Labute approximate surface area is 156 Å². The summed E-state index contributed by atoms with van der Waals surface area (Å²) >= 11 is 13.1. The van der Waals surface area contributed by atoms with Crippen molar-refractivity contribution in [2.45, 2.75) is 0 Å². The van der Waals surface area contributed by atoms with Gasteiger partial charge in [0, 0.05) is 33.5 Å². The Morgan fingerprint density at radius 3 is 2.31 bits per heavy atom. The minimum atomic E-state index is -0.214. The maximum absolute atomic E-state index is 13.0. The van der Waals surface area contributed by atoms with E-state index in [1.54, 1.807) is 48.5 Å². The molecule has 0 unspecified atom stereocenters. The molecule has 0 radical (unpaired) electrons. The van der Waals surface area contributed by atoms with Crippen LogP contribution in [0.1, 0.15) is 0 Å². The molecule has 0 spiro atoms. The Morgan fingerprint density at radius 1 is 0.808 bits per heavy atom. The molecular formula is C20H10Cl2N2O2. The summed E-state index contributed by atoms with van der Waals surface area (Å²) in [5, 5.41) is 1.91. The van der Waals surface area contributed by atoms with Crippen molar-refractivity contribution in [3.63, 3.8) is 0 Å². The Morgan fingerprint density at radius 2 is 1.50 bits per heavy atom. The number of pyridine rings is 2. The average molecular weight is 381 g/mol. The standard InChI is InChI=1S/C20H10Cl2N2O2/c21-17-16-15(24(22)14-8-4-2-6-11(14)20(16)26)9-12-18(17)23-13-7-3-1-5-10(13)19(12)25/h1-9H,(H,23,25). The van der Waals surface area contributed by atoms with Gasteiger partial charge in [-0.2, -0.15) is 0 Å². The number of nitrogens with one attached hydrogen (secondary N) is 1. The van der Waals surface area contributed by atoms with Crippen LogP contribution >= 0.6 is 23.4 Å². The van der Waals surface area contributed by atoms with E-state index in [0.717, 1.165) is 0 Å². The highest BCUT2D eigenvalue weighted by atomic mass is 35.5. The monoisotopic (exact) mass is 380 g/mol. The maximum Gasteiger partial charge on any atom is 0.198 e. The summed E-state index contributed by atoms with van der Waals surface area (Å²) in [7, 11) is 0. The van der Waals surface area contributed by atoms with E-state index >= 15 is 0 Å². The maximum atomic E-state index is 13.0. The van der Waals surface area contributed by atoms with Gasteiger partial charge in [-0.25, -0.2) is 0 Å². The SMILES string of the molecule is O=c1c2ccccc2[nH]c2c(Cl)c3c(=O)c4ccccc4n(Cl)c3cc12. The van der Waals surface area contributed by atoms with Crippen molar-refractivity contribution in [3.8, 4) is 0 Å². The van der Waals surface area contributed by atoms with Crippen LogP contribution in [0.15, 0.2) is 64.2 Å². The second-order valence-electron chi connectivity index (χ2n) is 6.13. The highest BCUT2D eigenvalue weighted by Crippen LogP contribution is 2.31. The molecule has 5 aromatic rings. The van der Waals surface area contributed by atoms with E-state index in [1.807, 2.05) is 6.07 Å². The van der Waals surface area contributed by atoms with Crippen molar-refractivity contribution < 1.29 is 0 Å². The van der Waals surface area contributed by atoms with Crippen LogP contribution in [-0.2, 0) is 0 Å². The number of aromatic amines is 1. The average Bonchev–Trinajstić information content (AvgIpc) is 2.67. The molecule has 4 nitrogen and oxygen atoms in total. The van der Waals surface area contributed by atoms with Gasteiger partial charge in [0.2, 0.25) is 0 Å². The summed E-state index contributed by atoms with van der Waals surface area (Å²) < 4.78 is 1.38. The molecule has 0 amide bonds. The molecule has 0 fully saturated rings. The number of H-pyrrole nitrogens is 1. The number of halogens is 2. The van der Waals surface area contributed by atoms with Gasteiger partial charge in [-0.15, -0.1) is 0 Å². The quantitative estimate of drug-likeness (QED) is 0.392. The largest absolute Gasteiger partial charge is 0.353 e. The Kier molecular flexibility index (Phi) is 3.17. The number of aromatic nitrogens is 2. The van der Waals surface area contributed by atoms with Crippen LogP contribution in [0.4, 0.5) is 0 Å². The van der Waals surface area contributed by atoms with Crippen molar-refractivity contribution in [2.75, 3.05) is 0 Å². The molecule has 26 heavy (non-hydrogen) atoms. The molecule has 126 valence electrons. The van der Waals surface area contributed by atoms with E-state index in [1.165, 1.54) is 4.09 Å². The molecular weight excluding hydrogens is 371 g/mol. The summed E-state index contributed by atoms with van der Waals surface area (Å²) in [4.78, 5) is 29.1. The third-order valence-electron chi connectivity index (χ3n) is 4.72. The van der Waals surface area contributed by atoms with Gasteiger partial charge in [0.05, 0.1) is 27.0 Å². The fourth-order valence-electron chi connectivity index (χ4n) is 3.48. The first-order chi connectivity index (χ1) is 12.6. The summed E-state index contributed by atoms with van der Waals surface area (Å²) in [6.07, 6.45) is 0. The van der Waals surface area contributed by atoms with Gasteiger partial charge in [0.15, 0.2) is 10.9 Å². The number of nitrogens with zero attached hydrogens (tertiary/aromatic N) is 1. The van der Waals surface area contributed by atoms with Crippen molar-refractivity contribution >= 4 is 67.0 Å². The van der Waals surface area contributed by atoms with E-state index in [9.17, 15) is 9.59 Å². The van der Waals surface area contributed by atoms with Crippen molar-refractivity contribution in [2.24, 2.45) is 0 Å². The van der Waals surface area contributed by atoms with Gasteiger partial charge in [0.1, 0.15) is 0 Å². The van der Waals surface area contributed by atoms with Crippen molar-refractivity contribution in [1.82, 2.24) is 9.07 Å². The van der Waals surface area contributed by atoms with Crippen LogP contribution in [0.2, 0.25) is 5.02 Å². The summed E-state index contributed by atoms with van der Waals surface area (Å²) in [6.45, 7) is 0. The number of fused-ring (bicyclic) bond motifs is 4. The normalized spacial score (nSPS) is 11.8. The molecule has 1 N–H and O–H groups in total. The predicted molar refractivity (Wildman–Crippen MR) is 108 cm³/mol. The first-order valence-corrected chi connectivity index (χ1v) is 8.66. The minimum Gasteiger partial charge on any atom is -0.353 e. The number of hydrogen-bond acceptors (Lipinski definition) is 2. The fourth-order valence-corrected chi connectivity index (χ4v) is 4.09. The lowest BCUT2D eigenvalue weighted by atomic mass is 10.1. The molecule has 0 atom stereocenters. The molecule has 0 aliphatic heterocycles. The smallest absolute Gasteiger partial charge is 0.198 e. The Bertz CT molecular complexity index is 1500. The summed E-state index contributed by atoms with van der Waals surface area (Å²) in [6, 6.07) is 15.9. The van der Waals surface area contributed by atoms with Crippen LogP contribution in [0.3, 0.4) is 0 Å². The molecule has 0 bridgehead atoms. The number of rotatable bonds is 0. The lowest BCUT2D eigenvalue weighted by Crippen LogP contribution is -2.10. The van der Waals surface area contributed by atoms with Gasteiger partial charge < -0.3 is 4.98 Å². The van der Waals surface area contributed by atoms with Crippen LogP contribution in [-0.4, -0.2) is 9.07 Å². The predicted octanol–water partition coefficient (Wildman–Crippen LogP) is 4.80. The van der Waals surface area contributed by atoms with E-state index in [-0.39, 0.29) is 15.9 Å². The number of para-hydroxylation sites is 2. The van der Waals surface area contributed by atoms with Gasteiger partial charge in [0.25, 0.3) is 0 Å². The molecule has 3 aromatic carbocycles. The molecule has 0 saturated carbocycles. The summed E-state index contributed by atoms with van der Waals surface area (Å²) in [5.74, 6) is 0. The fraction of sp³-hybridized carbons (Fsp3) is 0. The third-order valence-corrected chi connectivity index (χ3v) is 5.46. The topological polar surface area (TPSA) is 54.9 Å². The zero-order valence-electron chi connectivity index (χ0n) is 13.2. The van der Waals surface area contributed by atoms with Gasteiger partial charge in [-0.3, -0.25) is 13.7 Å². The second kappa shape index (κ2) is 5.34. The number of benzene rings is 3. The molecule has 0 aliphatic rings. The second-order valence-corrected chi connectivity index (χ2v) is 6.85. The van der Waals surface area contributed by atoms with Crippen LogP contribution in [0.25, 0.3) is 43.6 Å². The minimum absolute atomic E-state index is 0.157. The molecule has 2 aromatic heterocycles. The lowest BCUT2D eigenvalue weighted by Gasteiger charge is -2.12. The zero-order chi connectivity index (χ0) is 18.0. The molecule has 5 rings (SSSR count). The zero-order valence-corrected chi connectivity index (χ0v) is 14.7. The highest BCUT2D eigenvalue weighted by molar-refractivity contribution is 6.41. The first kappa shape index (κ1) is 15.4. The van der Waals surface area contributed by atoms with Crippen LogP contribution < -0.4 is 10.9 Å². The van der Waals surface area contributed by atoms with Gasteiger partial charge >= 0.3 is 0 Å². The van der Waals surface area contributed by atoms with Gasteiger partial charge in [-0.05, 0) is 30.3 Å². The van der Waals surface area contributed by atoms with E-state index in [4.69, 9.17) is 23.4 Å². The highest BCUT2D eigenvalue weighted by Gasteiger charge is 2.17. The Hall–Kier alpha value is -2.82. The lowest BCUT2D eigenvalue weighted by molar-refractivity contribution is 1.36. The van der Waals surface area contributed by atoms with Crippen molar-refractivity contribution in [3.05, 3.63) is 80.1 Å². The van der Waals surface area contributed by atoms with Crippen LogP contribution in [0.5, 0.6) is 0 Å². The number of hydrogen-bond donors (Lipinski definition) is 1. The Balaban J connectivity index is 2.14. The summed E-state index contributed by atoms with van der Waals surface area (Å²) in [5.41, 5.74) is 1.71. The molecule has 2 heterocycles. The first-order valence-electron chi connectivity index (χ1n) is 7.95. The molecule has 0 saturated heterocycles. The third kappa shape index (κ3) is 1.91. The molecule has 6 heteroatoms. The van der Waals surface area contributed by atoms with Crippen LogP contribution in [0, 0.1) is 0 Å². The van der Waals surface area contributed by atoms with E-state index in [2.05, 4.69) is 4.98 Å². The van der Waals surface area contributed by atoms with Crippen molar-refractivity contribution in [1.29, 1.82) is 0 Å².